The van der Waals surface area contributed by atoms with Crippen molar-refractivity contribution in [3.05, 3.63) is 29.6 Å². The van der Waals surface area contributed by atoms with Gasteiger partial charge in [0.2, 0.25) is 0 Å². The first-order chi connectivity index (χ1) is 8.50. The molecule has 4 heteroatoms. The van der Waals surface area contributed by atoms with Crippen LogP contribution in [0, 0.1) is 5.82 Å². The topological polar surface area (TPSA) is 41.5 Å². The van der Waals surface area contributed by atoms with Crippen molar-refractivity contribution >= 4 is 0 Å². The third kappa shape index (κ3) is 4.27. The molecule has 0 fully saturated rings. The summed E-state index contributed by atoms with van der Waals surface area (Å²) in [6.07, 6.45) is 0.860. The molecule has 0 bridgehead atoms. The summed E-state index contributed by atoms with van der Waals surface area (Å²) in [6.45, 7) is 5.32. The van der Waals surface area contributed by atoms with Crippen molar-refractivity contribution in [1.82, 2.24) is 5.32 Å². The number of methoxy groups -OCH3 is 1. The maximum atomic E-state index is 13.9. The molecule has 2 N–H and O–H groups in total. The average molecular weight is 255 g/mol. The lowest BCUT2D eigenvalue weighted by Crippen LogP contribution is -2.32. The van der Waals surface area contributed by atoms with Gasteiger partial charge >= 0.3 is 0 Å². The normalized spacial score (nSPS) is 14.3. The lowest BCUT2D eigenvalue weighted by molar-refractivity contribution is 0.0507. The molecule has 102 valence electrons. The Morgan fingerprint density at radius 1 is 1.44 bits per heavy atom. The quantitative estimate of drug-likeness (QED) is 0.733. The number of aliphatic hydroxyl groups is 1. The summed E-state index contributed by atoms with van der Waals surface area (Å²) in [4.78, 5) is 0. The van der Waals surface area contributed by atoms with E-state index in [1.807, 2.05) is 6.92 Å². The Hall–Kier alpha value is -1.13. The van der Waals surface area contributed by atoms with Crippen molar-refractivity contribution in [2.45, 2.75) is 32.3 Å². The van der Waals surface area contributed by atoms with Crippen LogP contribution in [0.2, 0.25) is 0 Å². The smallest absolute Gasteiger partial charge is 0.168 e. The van der Waals surface area contributed by atoms with Crippen LogP contribution in [0.1, 0.15) is 25.8 Å². The van der Waals surface area contributed by atoms with E-state index in [0.29, 0.717) is 12.0 Å². The van der Waals surface area contributed by atoms with Crippen LogP contribution in [0.5, 0.6) is 5.75 Å². The Morgan fingerprint density at radius 2 is 2.17 bits per heavy atom. The van der Waals surface area contributed by atoms with Crippen LogP contribution in [0.3, 0.4) is 0 Å². The molecular weight excluding hydrogens is 233 g/mol. The Kier molecular flexibility index (Phi) is 5.56. The first kappa shape index (κ1) is 14.9. The molecule has 0 radical (unpaired) electrons. The summed E-state index contributed by atoms with van der Waals surface area (Å²) in [5.41, 5.74) is -0.439. The fraction of sp³-hybridized carbons (Fsp3) is 0.571. The van der Waals surface area contributed by atoms with Crippen LogP contribution in [-0.2, 0) is 6.42 Å². The highest BCUT2D eigenvalue weighted by Crippen LogP contribution is 2.24. The number of nitrogens with one attached hydrogen (secondary N) is 1. The minimum absolute atomic E-state index is 0.218. The number of halogens is 1. The second-order valence-electron chi connectivity index (χ2n) is 4.71. The first-order valence-electron chi connectivity index (χ1n) is 6.24. The minimum Gasteiger partial charge on any atom is -0.494 e. The predicted octanol–water partition coefficient (Wildman–Crippen LogP) is 2.13. The van der Waals surface area contributed by atoms with E-state index in [2.05, 4.69) is 5.32 Å². The van der Waals surface area contributed by atoms with Gasteiger partial charge in [-0.25, -0.2) is 4.39 Å². The zero-order valence-corrected chi connectivity index (χ0v) is 11.3. The number of hydrogen-bond acceptors (Lipinski definition) is 3. The van der Waals surface area contributed by atoms with E-state index in [9.17, 15) is 9.50 Å². The lowest BCUT2D eigenvalue weighted by Gasteiger charge is -2.24. The molecular formula is C14H22FNO2. The number of hydrogen-bond donors (Lipinski definition) is 2. The van der Waals surface area contributed by atoms with E-state index in [1.165, 1.54) is 7.11 Å². The van der Waals surface area contributed by atoms with Crippen molar-refractivity contribution in [3.63, 3.8) is 0 Å². The van der Waals surface area contributed by atoms with Crippen LogP contribution >= 0.6 is 0 Å². The molecule has 0 amide bonds. The highest BCUT2D eigenvalue weighted by atomic mass is 19.1. The molecule has 1 atom stereocenters. The highest BCUT2D eigenvalue weighted by molar-refractivity contribution is 5.31. The summed E-state index contributed by atoms with van der Waals surface area (Å²) in [5, 5.41) is 13.4. The first-order valence-corrected chi connectivity index (χ1v) is 6.24. The Balaban J connectivity index is 2.71. The van der Waals surface area contributed by atoms with Crippen LogP contribution < -0.4 is 10.1 Å². The zero-order valence-electron chi connectivity index (χ0n) is 11.3. The fourth-order valence-electron chi connectivity index (χ4n) is 1.88. The summed E-state index contributed by atoms with van der Waals surface area (Å²) in [7, 11) is 1.44. The summed E-state index contributed by atoms with van der Waals surface area (Å²) in [5.74, 6) is -0.168. The van der Waals surface area contributed by atoms with Gasteiger partial charge in [0.05, 0.1) is 12.7 Å². The second kappa shape index (κ2) is 6.71. The molecule has 0 aliphatic heterocycles. The van der Waals surface area contributed by atoms with E-state index in [4.69, 9.17) is 4.74 Å². The van der Waals surface area contributed by atoms with Gasteiger partial charge in [-0.3, -0.25) is 0 Å². The fourth-order valence-corrected chi connectivity index (χ4v) is 1.88. The standard InChI is InChI=1S/C14H22FNO2/c1-4-16-9-8-14(2,17)10-11-6-5-7-12(18-3)13(11)15/h5-7,16-17H,4,8-10H2,1-3H3. The SMILES string of the molecule is CCNCCC(C)(O)Cc1cccc(OC)c1F. The van der Waals surface area contributed by atoms with Gasteiger partial charge in [-0.1, -0.05) is 19.1 Å². The maximum absolute atomic E-state index is 13.9. The molecule has 1 aromatic rings. The van der Waals surface area contributed by atoms with Crippen molar-refractivity contribution < 1.29 is 14.2 Å². The average Bonchev–Trinajstić information content (AvgIpc) is 2.32. The number of benzene rings is 1. The molecule has 1 aromatic carbocycles. The molecule has 0 saturated carbocycles. The molecule has 1 unspecified atom stereocenters. The molecule has 0 heterocycles. The van der Waals surface area contributed by atoms with Crippen LogP contribution in [-0.4, -0.2) is 30.9 Å². The van der Waals surface area contributed by atoms with Crippen LogP contribution in [0.4, 0.5) is 4.39 Å². The summed E-state index contributed by atoms with van der Waals surface area (Å²) >= 11 is 0. The molecule has 0 aromatic heterocycles. The lowest BCUT2D eigenvalue weighted by atomic mass is 9.93. The number of rotatable bonds is 7. The van der Waals surface area contributed by atoms with Crippen LogP contribution in [0.15, 0.2) is 18.2 Å². The molecule has 18 heavy (non-hydrogen) atoms. The van der Waals surface area contributed by atoms with Crippen molar-refractivity contribution in [2.75, 3.05) is 20.2 Å². The molecule has 0 saturated heterocycles. The van der Waals surface area contributed by atoms with Gasteiger partial charge in [0, 0.05) is 6.42 Å². The van der Waals surface area contributed by atoms with Gasteiger partial charge in [0.25, 0.3) is 0 Å². The predicted molar refractivity (Wildman–Crippen MR) is 70.4 cm³/mol. The molecule has 0 aliphatic rings. The minimum atomic E-state index is -0.921. The van der Waals surface area contributed by atoms with Crippen LogP contribution in [0.25, 0.3) is 0 Å². The van der Waals surface area contributed by atoms with Gasteiger partial charge in [0.1, 0.15) is 0 Å². The highest BCUT2D eigenvalue weighted by Gasteiger charge is 2.23. The molecule has 1 rings (SSSR count). The maximum Gasteiger partial charge on any atom is 0.168 e. The molecule has 0 spiro atoms. The third-order valence-electron chi connectivity index (χ3n) is 2.92. The van der Waals surface area contributed by atoms with Gasteiger partial charge < -0.3 is 15.2 Å². The Labute approximate surface area is 108 Å². The third-order valence-corrected chi connectivity index (χ3v) is 2.92. The van der Waals surface area contributed by atoms with Gasteiger partial charge in [-0.15, -0.1) is 0 Å². The van der Waals surface area contributed by atoms with Crippen molar-refractivity contribution in [2.24, 2.45) is 0 Å². The summed E-state index contributed by atoms with van der Waals surface area (Å²) < 4.78 is 18.9. The van der Waals surface area contributed by atoms with Gasteiger partial charge in [-0.2, -0.15) is 0 Å². The van der Waals surface area contributed by atoms with Gasteiger partial charge in [-0.05, 0) is 38.1 Å². The zero-order chi connectivity index (χ0) is 13.6. The molecule has 3 nitrogen and oxygen atoms in total. The largest absolute Gasteiger partial charge is 0.494 e. The van der Waals surface area contributed by atoms with E-state index >= 15 is 0 Å². The monoisotopic (exact) mass is 255 g/mol. The van der Waals surface area contributed by atoms with E-state index in [0.717, 1.165) is 13.1 Å². The van der Waals surface area contributed by atoms with Gasteiger partial charge in [0.15, 0.2) is 11.6 Å². The van der Waals surface area contributed by atoms with Crippen molar-refractivity contribution in [1.29, 1.82) is 0 Å². The second-order valence-corrected chi connectivity index (χ2v) is 4.71. The molecule has 0 aliphatic carbocycles. The van der Waals surface area contributed by atoms with E-state index in [1.54, 1.807) is 25.1 Å². The Bertz CT molecular complexity index is 380. The van der Waals surface area contributed by atoms with Crippen molar-refractivity contribution in [3.8, 4) is 5.75 Å². The van der Waals surface area contributed by atoms with E-state index < -0.39 is 5.60 Å². The van der Waals surface area contributed by atoms with E-state index in [-0.39, 0.29) is 18.0 Å². The summed E-state index contributed by atoms with van der Waals surface area (Å²) in [6, 6.07) is 4.99. The number of ether oxygens (including phenoxy) is 1. The Morgan fingerprint density at radius 3 is 2.78 bits per heavy atom.